The Kier molecular flexibility index (Phi) is 3.83. The average molecular weight is 331 g/mol. The standard InChI is InChI=1S/C18H21NO5/c1-17(2)23-14-12(4-5-13(22-3)15(14)24-17)18(10-19)8-6-11(7-9-18)16(20)21/h4-5,11H,6-9H2,1-3H3,(H,20,21)/t11-,18+. The lowest BCUT2D eigenvalue weighted by Gasteiger charge is -2.34. The van der Waals surface area contributed by atoms with Gasteiger partial charge in [0.2, 0.25) is 11.5 Å². The number of hydrogen-bond donors (Lipinski definition) is 1. The van der Waals surface area contributed by atoms with Gasteiger partial charge in [0.15, 0.2) is 11.5 Å². The zero-order valence-corrected chi connectivity index (χ0v) is 14.1. The van der Waals surface area contributed by atoms with Crippen LogP contribution in [0.2, 0.25) is 0 Å². The van der Waals surface area contributed by atoms with Gasteiger partial charge in [0, 0.05) is 19.4 Å². The molecule has 1 aromatic carbocycles. The highest BCUT2D eigenvalue weighted by Crippen LogP contribution is 2.54. The van der Waals surface area contributed by atoms with Gasteiger partial charge in [0.1, 0.15) is 0 Å². The summed E-state index contributed by atoms with van der Waals surface area (Å²) in [5.74, 6) is -0.398. The fourth-order valence-corrected chi connectivity index (χ4v) is 3.59. The lowest BCUT2D eigenvalue weighted by atomic mass is 9.67. The van der Waals surface area contributed by atoms with Crippen LogP contribution in [0.3, 0.4) is 0 Å². The van der Waals surface area contributed by atoms with Gasteiger partial charge in [0.25, 0.3) is 0 Å². The maximum absolute atomic E-state index is 11.2. The lowest BCUT2D eigenvalue weighted by Crippen LogP contribution is -2.34. The topological polar surface area (TPSA) is 88.8 Å². The van der Waals surface area contributed by atoms with Gasteiger partial charge in [-0.3, -0.25) is 4.79 Å². The summed E-state index contributed by atoms with van der Waals surface area (Å²) >= 11 is 0. The second-order valence-corrected chi connectivity index (χ2v) is 6.88. The van der Waals surface area contributed by atoms with Crippen LogP contribution in [0.4, 0.5) is 0 Å². The van der Waals surface area contributed by atoms with Gasteiger partial charge in [-0.1, -0.05) is 0 Å². The van der Waals surface area contributed by atoms with Crippen LogP contribution in [0.5, 0.6) is 17.2 Å². The monoisotopic (exact) mass is 331 g/mol. The van der Waals surface area contributed by atoms with E-state index in [9.17, 15) is 15.2 Å². The fraction of sp³-hybridized carbons (Fsp3) is 0.556. The Morgan fingerprint density at radius 2 is 1.92 bits per heavy atom. The molecule has 1 saturated carbocycles. The Morgan fingerprint density at radius 1 is 1.29 bits per heavy atom. The van der Waals surface area contributed by atoms with Gasteiger partial charge < -0.3 is 19.3 Å². The van der Waals surface area contributed by atoms with Crippen molar-refractivity contribution in [1.82, 2.24) is 0 Å². The number of aliphatic carboxylic acids is 1. The van der Waals surface area contributed by atoms with E-state index in [1.807, 2.05) is 6.07 Å². The first kappa shape index (κ1) is 16.4. The molecule has 0 amide bonds. The van der Waals surface area contributed by atoms with Crippen LogP contribution in [0.25, 0.3) is 0 Å². The number of nitriles is 1. The number of carbonyl (C=O) groups is 1. The van der Waals surface area contributed by atoms with E-state index in [1.54, 1.807) is 27.0 Å². The molecule has 6 nitrogen and oxygen atoms in total. The summed E-state index contributed by atoms with van der Waals surface area (Å²) in [6, 6.07) is 6.04. The van der Waals surface area contributed by atoms with E-state index < -0.39 is 17.2 Å². The van der Waals surface area contributed by atoms with Crippen LogP contribution < -0.4 is 14.2 Å². The van der Waals surface area contributed by atoms with Crippen molar-refractivity contribution in [2.45, 2.75) is 50.7 Å². The molecule has 0 unspecified atom stereocenters. The van der Waals surface area contributed by atoms with Crippen molar-refractivity contribution in [3.8, 4) is 23.3 Å². The third kappa shape index (κ3) is 2.54. The number of ether oxygens (including phenoxy) is 3. The Bertz CT molecular complexity index is 711. The van der Waals surface area contributed by atoms with Crippen molar-refractivity contribution >= 4 is 5.97 Å². The Balaban J connectivity index is 2.02. The van der Waals surface area contributed by atoms with Gasteiger partial charge >= 0.3 is 5.97 Å². The maximum atomic E-state index is 11.2. The molecular formula is C18H21NO5. The summed E-state index contributed by atoms with van der Waals surface area (Å²) in [7, 11) is 1.56. The second kappa shape index (κ2) is 5.59. The summed E-state index contributed by atoms with van der Waals surface area (Å²) in [4.78, 5) is 11.2. The van der Waals surface area contributed by atoms with E-state index in [4.69, 9.17) is 14.2 Å². The molecule has 128 valence electrons. The Morgan fingerprint density at radius 3 is 2.46 bits per heavy atom. The number of nitrogens with zero attached hydrogens (tertiary/aromatic N) is 1. The lowest BCUT2D eigenvalue weighted by molar-refractivity contribution is -0.143. The number of carboxylic acid groups (broad SMARTS) is 1. The number of methoxy groups -OCH3 is 1. The van der Waals surface area contributed by atoms with Gasteiger partial charge in [-0.2, -0.15) is 5.26 Å². The zero-order valence-electron chi connectivity index (χ0n) is 14.1. The van der Waals surface area contributed by atoms with Crippen LogP contribution in [-0.2, 0) is 10.2 Å². The SMILES string of the molecule is COc1ccc([C@]2(C#N)CC[C@H](C(=O)O)CC2)c2c1OC(C)(C)O2. The van der Waals surface area contributed by atoms with Crippen LogP contribution in [0, 0.1) is 17.2 Å². The minimum absolute atomic E-state index is 0.383. The van der Waals surface area contributed by atoms with Crippen molar-refractivity contribution in [2.75, 3.05) is 7.11 Å². The molecule has 3 rings (SSSR count). The predicted molar refractivity (Wildman–Crippen MR) is 85.2 cm³/mol. The fourth-order valence-electron chi connectivity index (χ4n) is 3.59. The summed E-state index contributed by atoms with van der Waals surface area (Å²) in [6.07, 6.45) is 1.94. The molecule has 1 aliphatic heterocycles. The van der Waals surface area contributed by atoms with Crippen molar-refractivity contribution in [1.29, 1.82) is 5.26 Å². The molecular weight excluding hydrogens is 310 g/mol. The highest BCUT2D eigenvalue weighted by molar-refractivity contribution is 5.70. The van der Waals surface area contributed by atoms with Crippen LogP contribution in [-0.4, -0.2) is 24.0 Å². The molecule has 2 aliphatic rings. The molecule has 1 fully saturated rings. The Labute approximate surface area is 140 Å². The number of carboxylic acids is 1. The summed E-state index contributed by atoms with van der Waals surface area (Å²) in [5, 5.41) is 19.1. The molecule has 0 saturated heterocycles. The summed E-state index contributed by atoms with van der Waals surface area (Å²) in [5.41, 5.74) is 0.00160. The van der Waals surface area contributed by atoms with Crippen molar-refractivity contribution < 1.29 is 24.1 Å². The van der Waals surface area contributed by atoms with Gasteiger partial charge in [-0.15, -0.1) is 0 Å². The van der Waals surface area contributed by atoms with Crippen molar-refractivity contribution in [3.05, 3.63) is 17.7 Å². The first-order chi connectivity index (χ1) is 11.3. The molecule has 1 aliphatic carbocycles. The quantitative estimate of drug-likeness (QED) is 0.914. The smallest absolute Gasteiger partial charge is 0.306 e. The maximum Gasteiger partial charge on any atom is 0.306 e. The molecule has 0 atom stereocenters. The van der Waals surface area contributed by atoms with Gasteiger partial charge in [-0.25, -0.2) is 0 Å². The largest absolute Gasteiger partial charge is 0.493 e. The number of fused-ring (bicyclic) bond motifs is 1. The number of hydrogen-bond acceptors (Lipinski definition) is 5. The number of rotatable bonds is 3. The second-order valence-electron chi connectivity index (χ2n) is 6.88. The molecule has 0 radical (unpaired) electrons. The molecule has 1 heterocycles. The van der Waals surface area contributed by atoms with E-state index in [0.717, 1.165) is 5.56 Å². The third-order valence-electron chi connectivity index (χ3n) is 4.91. The number of benzene rings is 1. The molecule has 24 heavy (non-hydrogen) atoms. The van der Waals surface area contributed by atoms with Gasteiger partial charge in [0.05, 0.1) is 24.5 Å². The van der Waals surface area contributed by atoms with Gasteiger partial charge in [-0.05, 0) is 37.8 Å². The molecule has 0 bridgehead atoms. The van der Waals surface area contributed by atoms with Crippen LogP contribution in [0.1, 0.15) is 45.1 Å². The average Bonchev–Trinajstić information content (AvgIpc) is 2.88. The van der Waals surface area contributed by atoms with E-state index in [0.29, 0.717) is 42.9 Å². The van der Waals surface area contributed by atoms with Crippen LogP contribution >= 0.6 is 0 Å². The normalized spacial score (nSPS) is 27.3. The summed E-state index contributed by atoms with van der Waals surface area (Å²) < 4.78 is 17.1. The Hall–Kier alpha value is -2.42. The van der Waals surface area contributed by atoms with E-state index in [1.165, 1.54) is 0 Å². The molecule has 0 spiro atoms. The van der Waals surface area contributed by atoms with Crippen LogP contribution in [0.15, 0.2) is 12.1 Å². The summed E-state index contributed by atoms with van der Waals surface area (Å²) in [6.45, 7) is 3.60. The molecule has 1 N–H and O–H groups in total. The first-order valence-corrected chi connectivity index (χ1v) is 8.05. The van der Waals surface area contributed by atoms with Crippen molar-refractivity contribution in [3.63, 3.8) is 0 Å². The molecule has 0 aromatic heterocycles. The van der Waals surface area contributed by atoms with E-state index in [2.05, 4.69) is 6.07 Å². The minimum atomic E-state index is -0.833. The third-order valence-corrected chi connectivity index (χ3v) is 4.91. The van der Waals surface area contributed by atoms with Crippen molar-refractivity contribution in [2.24, 2.45) is 5.92 Å². The predicted octanol–water partition coefficient (Wildman–Crippen LogP) is 3.24. The highest BCUT2D eigenvalue weighted by atomic mass is 16.7. The van der Waals surface area contributed by atoms with E-state index >= 15 is 0 Å². The zero-order chi connectivity index (χ0) is 17.5. The molecule has 6 heteroatoms. The minimum Gasteiger partial charge on any atom is -0.493 e. The van der Waals surface area contributed by atoms with E-state index in [-0.39, 0.29) is 5.92 Å². The first-order valence-electron chi connectivity index (χ1n) is 8.05. The molecule has 1 aromatic rings. The highest BCUT2D eigenvalue weighted by Gasteiger charge is 2.45.